The molecule has 0 amide bonds. The van der Waals surface area contributed by atoms with Gasteiger partial charge in [0.1, 0.15) is 0 Å². The fourth-order valence-corrected chi connectivity index (χ4v) is 10.8. The lowest BCUT2D eigenvalue weighted by Gasteiger charge is -2.34. The van der Waals surface area contributed by atoms with Gasteiger partial charge in [0.25, 0.3) is 0 Å². The van der Waals surface area contributed by atoms with Crippen LogP contribution in [0.2, 0.25) is 0 Å². The topological polar surface area (TPSA) is 25.8 Å². The third kappa shape index (κ3) is 5.93. The quantitative estimate of drug-likeness (QED) is 0.160. The summed E-state index contributed by atoms with van der Waals surface area (Å²) < 4.78 is 2.62. The fraction of sp³-hybridized carbons (Fsp3) is 0.0169. The predicted molar refractivity (Wildman–Crippen MR) is 259 cm³/mol. The summed E-state index contributed by atoms with van der Waals surface area (Å²) in [5.41, 5.74) is 16.8. The van der Waals surface area contributed by atoms with Crippen LogP contribution in [0.1, 0.15) is 22.3 Å². The Hall–Kier alpha value is -7.72. The maximum absolute atomic E-state index is 5.21. The minimum absolute atomic E-state index is 0.428. The Balaban J connectivity index is 0.940. The van der Waals surface area contributed by atoms with Crippen LogP contribution in [0.5, 0.6) is 0 Å². The Morgan fingerprint density at radius 1 is 0.306 bits per heavy atom. The highest BCUT2D eigenvalue weighted by Gasteiger charge is 2.45. The molecule has 0 unspecified atom stereocenters. The van der Waals surface area contributed by atoms with Crippen molar-refractivity contribution >= 4 is 31.5 Å². The lowest BCUT2D eigenvalue weighted by Crippen LogP contribution is -2.28. The molecule has 290 valence electrons. The van der Waals surface area contributed by atoms with Gasteiger partial charge in [-0.1, -0.05) is 194 Å². The van der Waals surface area contributed by atoms with Crippen LogP contribution in [-0.2, 0) is 5.41 Å². The van der Waals surface area contributed by atoms with E-state index < -0.39 is 5.41 Å². The molecule has 0 radical (unpaired) electrons. The van der Waals surface area contributed by atoms with Crippen LogP contribution < -0.4 is 0 Å². The Morgan fingerprint density at radius 3 is 1.47 bits per heavy atom. The van der Waals surface area contributed by atoms with E-state index in [1.807, 2.05) is 29.5 Å². The molecule has 62 heavy (non-hydrogen) atoms. The maximum atomic E-state index is 5.21. The molecule has 1 aliphatic rings. The van der Waals surface area contributed by atoms with Crippen LogP contribution in [-0.4, -0.2) is 9.97 Å². The summed E-state index contributed by atoms with van der Waals surface area (Å²) >= 11 is 1.85. The predicted octanol–water partition coefficient (Wildman–Crippen LogP) is 15.5. The van der Waals surface area contributed by atoms with Crippen molar-refractivity contribution in [3.8, 4) is 67.3 Å². The number of hydrogen-bond donors (Lipinski definition) is 0. The van der Waals surface area contributed by atoms with Gasteiger partial charge >= 0.3 is 0 Å². The second-order valence-electron chi connectivity index (χ2n) is 16.1. The molecule has 0 atom stereocenters. The molecule has 0 saturated heterocycles. The molecule has 2 nitrogen and oxygen atoms in total. The van der Waals surface area contributed by atoms with Crippen molar-refractivity contribution in [2.75, 3.05) is 0 Å². The Labute approximate surface area is 365 Å². The molecule has 0 N–H and O–H groups in total. The fourth-order valence-electron chi connectivity index (χ4n) is 9.71. The highest BCUT2D eigenvalue weighted by Crippen LogP contribution is 2.56. The summed E-state index contributed by atoms with van der Waals surface area (Å²) in [5, 5.41) is 2.60. The van der Waals surface area contributed by atoms with E-state index in [1.165, 1.54) is 59.1 Å². The number of aromatic nitrogens is 2. The first-order valence-electron chi connectivity index (χ1n) is 21.1. The molecule has 0 saturated carbocycles. The Kier molecular flexibility index (Phi) is 8.62. The average molecular weight is 807 g/mol. The average Bonchev–Trinajstić information content (AvgIpc) is 3.88. The first-order chi connectivity index (χ1) is 30.7. The maximum Gasteiger partial charge on any atom is 0.160 e. The van der Waals surface area contributed by atoms with E-state index in [0.29, 0.717) is 5.82 Å². The first-order valence-corrected chi connectivity index (χ1v) is 22.0. The van der Waals surface area contributed by atoms with Gasteiger partial charge in [-0.2, -0.15) is 0 Å². The molecule has 0 spiro atoms. The van der Waals surface area contributed by atoms with E-state index in [0.717, 1.165) is 44.8 Å². The zero-order valence-corrected chi connectivity index (χ0v) is 34.6. The van der Waals surface area contributed by atoms with Gasteiger partial charge in [-0.3, -0.25) is 0 Å². The molecule has 12 rings (SSSR count). The normalized spacial score (nSPS) is 12.6. The molecule has 11 aromatic rings. The van der Waals surface area contributed by atoms with Crippen molar-refractivity contribution in [1.82, 2.24) is 9.97 Å². The van der Waals surface area contributed by atoms with Crippen LogP contribution >= 0.6 is 11.3 Å². The molecule has 3 heteroatoms. The van der Waals surface area contributed by atoms with E-state index in [4.69, 9.17) is 9.97 Å². The van der Waals surface area contributed by atoms with Crippen molar-refractivity contribution in [3.05, 3.63) is 253 Å². The molecule has 2 aromatic heterocycles. The Morgan fingerprint density at radius 2 is 0.790 bits per heavy atom. The van der Waals surface area contributed by atoms with Crippen molar-refractivity contribution < 1.29 is 0 Å². The largest absolute Gasteiger partial charge is 0.228 e. The number of hydrogen-bond acceptors (Lipinski definition) is 3. The molecular formula is C59H38N2S. The zero-order chi connectivity index (χ0) is 41.0. The second kappa shape index (κ2) is 14.8. The Bertz CT molecular complexity index is 3410. The van der Waals surface area contributed by atoms with Gasteiger partial charge in [0.2, 0.25) is 0 Å². The summed E-state index contributed by atoms with van der Waals surface area (Å²) in [6.07, 6.45) is 0. The molecule has 9 aromatic carbocycles. The highest BCUT2D eigenvalue weighted by atomic mass is 32.1. The second-order valence-corrected chi connectivity index (χ2v) is 17.2. The lowest BCUT2D eigenvalue weighted by molar-refractivity contribution is 0.768. The van der Waals surface area contributed by atoms with Gasteiger partial charge in [0.15, 0.2) is 5.82 Å². The molecule has 0 bridgehead atoms. The summed E-state index contributed by atoms with van der Waals surface area (Å²) in [6, 6.07) is 83.5. The summed E-state index contributed by atoms with van der Waals surface area (Å²) in [6.45, 7) is 0. The highest BCUT2D eigenvalue weighted by molar-refractivity contribution is 7.25. The number of thiophene rings is 1. The van der Waals surface area contributed by atoms with E-state index in [9.17, 15) is 0 Å². The van der Waals surface area contributed by atoms with Crippen molar-refractivity contribution in [3.63, 3.8) is 0 Å². The minimum atomic E-state index is -0.428. The van der Waals surface area contributed by atoms with Crippen LogP contribution in [0.15, 0.2) is 231 Å². The monoisotopic (exact) mass is 806 g/mol. The van der Waals surface area contributed by atoms with Gasteiger partial charge < -0.3 is 0 Å². The standard InChI is InChI=1S/C59H38N2S/c1-3-15-40(16-4-1)58-60-54(38-55(61-58)45-20-14-18-42(36-45)43-31-34-57-51(37-43)50-25-9-12-28-56(50)62-57)44-19-13-17-41(35-44)39-29-32-47(33-30-39)59(46-21-5-2-6-22-46)52-26-10-7-23-48(52)49-24-8-11-27-53(49)59/h1-38H. The first kappa shape index (κ1) is 36.2. The third-order valence-corrected chi connectivity index (χ3v) is 13.7. The molecule has 0 aliphatic heterocycles. The molecule has 0 fully saturated rings. The third-order valence-electron chi connectivity index (χ3n) is 12.6. The number of rotatable bonds is 7. The summed E-state index contributed by atoms with van der Waals surface area (Å²) in [7, 11) is 0. The van der Waals surface area contributed by atoms with E-state index in [1.54, 1.807) is 0 Å². The van der Waals surface area contributed by atoms with Gasteiger partial charge in [0.05, 0.1) is 16.8 Å². The van der Waals surface area contributed by atoms with Crippen molar-refractivity contribution in [2.45, 2.75) is 5.41 Å². The summed E-state index contributed by atoms with van der Waals surface area (Å²) in [5.74, 6) is 0.702. The number of fused-ring (bicyclic) bond motifs is 6. The van der Waals surface area contributed by atoms with Crippen molar-refractivity contribution in [2.24, 2.45) is 0 Å². The minimum Gasteiger partial charge on any atom is -0.228 e. The van der Waals surface area contributed by atoms with Crippen LogP contribution in [0.25, 0.3) is 87.5 Å². The van der Waals surface area contributed by atoms with E-state index >= 15 is 0 Å². The number of nitrogens with zero attached hydrogens (tertiary/aromatic N) is 2. The van der Waals surface area contributed by atoms with Crippen LogP contribution in [0, 0.1) is 0 Å². The van der Waals surface area contributed by atoms with Gasteiger partial charge in [-0.25, -0.2) is 9.97 Å². The molecular weight excluding hydrogens is 769 g/mol. The lowest BCUT2D eigenvalue weighted by atomic mass is 9.67. The zero-order valence-electron chi connectivity index (χ0n) is 33.7. The molecule has 1 aliphatic carbocycles. The smallest absolute Gasteiger partial charge is 0.160 e. The van der Waals surface area contributed by atoms with Gasteiger partial charge in [0, 0.05) is 36.9 Å². The van der Waals surface area contributed by atoms with Crippen LogP contribution in [0.4, 0.5) is 0 Å². The van der Waals surface area contributed by atoms with E-state index in [-0.39, 0.29) is 0 Å². The van der Waals surface area contributed by atoms with Gasteiger partial charge in [-0.15, -0.1) is 11.3 Å². The molecule has 2 heterocycles. The van der Waals surface area contributed by atoms with E-state index in [2.05, 4.69) is 212 Å². The van der Waals surface area contributed by atoms with Crippen LogP contribution in [0.3, 0.4) is 0 Å². The van der Waals surface area contributed by atoms with Crippen molar-refractivity contribution in [1.29, 1.82) is 0 Å². The summed E-state index contributed by atoms with van der Waals surface area (Å²) in [4.78, 5) is 10.4. The SMILES string of the molecule is c1ccc(-c2nc(-c3cccc(-c4ccc(C5(c6ccccc6)c6ccccc6-c6ccccc65)cc4)c3)cc(-c3cccc(-c4ccc5sc6ccccc6c5c4)c3)n2)cc1. The van der Waals surface area contributed by atoms with Gasteiger partial charge in [-0.05, 0) is 92.0 Å². The number of benzene rings is 9.